The highest BCUT2D eigenvalue weighted by Crippen LogP contribution is 2.27. The molecule has 1 heteroatoms. The summed E-state index contributed by atoms with van der Waals surface area (Å²) in [6, 6.07) is 8.55. The maximum atomic E-state index is 6.14. The van der Waals surface area contributed by atoms with Gasteiger partial charge in [-0.2, -0.15) is 0 Å². The van der Waals surface area contributed by atoms with Crippen LogP contribution in [0.25, 0.3) is 0 Å². The molecule has 17 heavy (non-hydrogen) atoms. The van der Waals surface area contributed by atoms with Crippen LogP contribution < -0.4 is 4.74 Å². The summed E-state index contributed by atoms with van der Waals surface area (Å²) in [7, 11) is 0. The zero-order chi connectivity index (χ0) is 12.9. The van der Waals surface area contributed by atoms with Crippen LogP contribution in [0.4, 0.5) is 0 Å². The molecule has 0 radical (unpaired) electrons. The van der Waals surface area contributed by atoms with Crippen molar-refractivity contribution in [2.45, 2.75) is 65.4 Å². The molecule has 0 saturated carbocycles. The summed E-state index contributed by atoms with van der Waals surface area (Å²) in [5.74, 6) is 1.61. The predicted molar refractivity (Wildman–Crippen MR) is 74.8 cm³/mol. The molecular weight excluding hydrogens is 208 g/mol. The molecule has 0 aromatic heterocycles. The molecule has 0 fully saturated rings. The maximum absolute atomic E-state index is 6.14. The molecule has 1 aromatic carbocycles. The molecule has 1 unspecified atom stereocenters. The van der Waals surface area contributed by atoms with Crippen LogP contribution >= 0.6 is 0 Å². The van der Waals surface area contributed by atoms with Crippen molar-refractivity contribution in [1.29, 1.82) is 0 Å². The minimum Gasteiger partial charge on any atom is -0.488 e. The van der Waals surface area contributed by atoms with E-state index >= 15 is 0 Å². The van der Waals surface area contributed by atoms with Crippen molar-refractivity contribution in [2.24, 2.45) is 0 Å². The van der Waals surface area contributed by atoms with Crippen molar-refractivity contribution in [3.63, 3.8) is 0 Å². The lowest BCUT2D eigenvalue weighted by atomic mass is 9.97. The van der Waals surface area contributed by atoms with Crippen molar-refractivity contribution in [3.8, 4) is 5.75 Å². The third-order valence-electron chi connectivity index (χ3n) is 3.90. The molecule has 0 saturated heterocycles. The Labute approximate surface area is 106 Å². The zero-order valence-electron chi connectivity index (χ0n) is 11.9. The van der Waals surface area contributed by atoms with Crippen LogP contribution in [0.1, 0.15) is 65.4 Å². The van der Waals surface area contributed by atoms with Gasteiger partial charge in [0.05, 0.1) is 0 Å². The van der Waals surface area contributed by atoms with Gasteiger partial charge < -0.3 is 4.74 Å². The second-order valence-electron chi connectivity index (χ2n) is 5.14. The van der Waals surface area contributed by atoms with E-state index < -0.39 is 0 Å². The Morgan fingerprint density at radius 2 is 1.82 bits per heavy atom. The van der Waals surface area contributed by atoms with Crippen LogP contribution in [0, 0.1) is 0 Å². The standard InChI is InChI=1S/C16H26O/c1-6-13(4)14-10-9-11-15(12-14)17-16(5,7-2)8-3/h9-13H,6-8H2,1-5H3. The Bertz CT molecular complexity index is 339. The Morgan fingerprint density at radius 1 is 1.18 bits per heavy atom. The fourth-order valence-electron chi connectivity index (χ4n) is 1.80. The van der Waals surface area contributed by atoms with Gasteiger partial charge in [0.1, 0.15) is 11.4 Å². The first kappa shape index (κ1) is 14.1. The predicted octanol–water partition coefficient (Wildman–Crippen LogP) is 5.16. The van der Waals surface area contributed by atoms with Crippen molar-refractivity contribution in [3.05, 3.63) is 29.8 Å². The Kier molecular flexibility index (Phi) is 5.04. The van der Waals surface area contributed by atoms with Gasteiger partial charge in [0.15, 0.2) is 0 Å². The SMILES string of the molecule is CCC(C)c1cccc(OC(C)(CC)CC)c1. The van der Waals surface area contributed by atoms with Crippen LogP contribution in [0.5, 0.6) is 5.75 Å². The van der Waals surface area contributed by atoms with Gasteiger partial charge in [-0.25, -0.2) is 0 Å². The molecule has 0 amide bonds. The third kappa shape index (κ3) is 3.76. The van der Waals surface area contributed by atoms with Crippen molar-refractivity contribution < 1.29 is 4.74 Å². The molecule has 0 aliphatic carbocycles. The highest BCUT2D eigenvalue weighted by atomic mass is 16.5. The topological polar surface area (TPSA) is 9.23 Å². The van der Waals surface area contributed by atoms with Gasteiger partial charge in [0.2, 0.25) is 0 Å². The molecule has 0 heterocycles. The number of rotatable bonds is 6. The quantitative estimate of drug-likeness (QED) is 0.660. The molecule has 0 N–H and O–H groups in total. The summed E-state index contributed by atoms with van der Waals surface area (Å²) < 4.78 is 6.14. The van der Waals surface area contributed by atoms with E-state index in [-0.39, 0.29) is 5.60 Å². The summed E-state index contributed by atoms with van der Waals surface area (Å²) >= 11 is 0. The molecule has 1 atom stereocenters. The molecule has 1 nitrogen and oxygen atoms in total. The summed E-state index contributed by atoms with van der Waals surface area (Å²) in [6.45, 7) is 11.0. The Morgan fingerprint density at radius 3 is 2.35 bits per heavy atom. The lowest BCUT2D eigenvalue weighted by Gasteiger charge is -2.28. The van der Waals surface area contributed by atoms with Crippen molar-refractivity contribution in [2.75, 3.05) is 0 Å². The fourth-order valence-corrected chi connectivity index (χ4v) is 1.80. The smallest absolute Gasteiger partial charge is 0.120 e. The molecule has 0 spiro atoms. The van der Waals surface area contributed by atoms with Crippen LogP contribution in [-0.2, 0) is 0 Å². The van der Waals surface area contributed by atoms with E-state index in [0.717, 1.165) is 18.6 Å². The van der Waals surface area contributed by atoms with Gasteiger partial charge in [0, 0.05) is 0 Å². The number of hydrogen-bond donors (Lipinski definition) is 0. The first-order chi connectivity index (χ1) is 8.04. The number of ether oxygens (including phenoxy) is 1. The summed E-state index contributed by atoms with van der Waals surface area (Å²) in [6.07, 6.45) is 3.25. The lowest BCUT2D eigenvalue weighted by molar-refractivity contribution is 0.0802. The highest BCUT2D eigenvalue weighted by Gasteiger charge is 2.21. The molecule has 0 bridgehead atoms. The van der Waals surface area contributed by atoms with Gasteiger partial charge in [-0.05, 0) is 49.8 Å². The van der Waals surface area contributed by atoms with E-state index in [1.165, 1.54) is 12.0 Å². The zero-order valence-corrected chi connectivity index (χ0v) is 11.9. The van der Waals surface area contributed by atoms with E-state index in [2.05, 4.69) is 58.9 Å². The van der Waals surface area contributed by atoms with E-state index in [0.29, 0.717) is 5.92 Å². The third-order valence-corrected chi connectivity index (χ3v) is 3.90. The largest absolute Gasteiger partial charge is 0.488 e. The van der Waals surface area contributed by atoms with E-state index in [1.54, 1.807) is 0 Å². The number of hydrogen-bond acceptors (Lipinski definition) is 1. The summed E-state index contributed by atoms with van der Waals surface area (Å²) in [5.41, 5.74) is 1.34. The molecular formula is C16H26O. The van der Waals surface area contributed by atoms with Gasteiger partial charge in [-0.15, -0.1) is 0 Å². The normalized spacial score (nSPS) is 13.5. The Balaban J connectivity index is 2.85. The van der Waals surface area contributed by atoms with Crippen LogP contribution in [0.3, 0.4) is 0 Å². The van der Waals surface area contributed by atoms with Gasteiger partial charge in [0.25, 0.3) is 0 Å². The summed E-state index contributed by atoms with van der Waals surface area (Å²) in [4.78, 5) is 0. The van der Waals surface area contributed by atoms with Gasteiger partial charge in [-0.1, -0.05) is 39.8 Å². The fraction of sp³-hybridized carbons (Fsp3) is 0.625. The van der Waals surface area contributed by atoms with Crippen LogP contribution in [0.15, 0.2) is 24.3 Å². The highest BCUT2D eigenvalue weighted by molar-refractivity contribution is 5.31. The molecule has 0 aliphatic rings. The lowest BCUT2D eigenvalue weighted by Crippen LogP contribution is -2.30. The van der Waals surface area contributed by atoms with Gasteiger partial charge in [-0.3, -0.25) is 0 Å². The van der Waals surface area contributed by atoms with Crippen molar-refractivity contribution >= 4 is 0 Å². The molecule has 1 aromatic rings. The first-order valence-corrected chi connectivity index (χ1v) is 6.83. The molecule has 0 aliphatic heterocycles. The number of benzene rings is 1. The van der Waals surface area contributed by atoms with Crippen LogP contribution in [-0.4, -0.2) is 5.60 Å². The second kappa shape index (κ2) is 6.09. The monoisotopic (exact) mass is 234 g/mol. The van der Waals surface area contributed by atoms with E-state index in [9.17, 15) is 0 Å². The minimum atomic E-state index is -0.0337. The average molecular weight is 234 g/mol. The minimum absolute atomic E-state index is 0.0337. The van der Waals surface area contributed by atoms with E-state index in [1.807, 2.05) is 0 Å². The van der Waals surface area contributed by atoms with Crippen LogP contribution in [0.2, 0.25) is 0 Å². The Hall–Kier alpha value is -0.980. The second-order valence-corrected chi connectivity index (χ2v) is 5.14. The molecule has 96 valence electrons. The average Bonchev–Trinajstić information content (AvgIpc) is 2.38. The first-order valence-electron chi connectivity index (χ1n) is 6.83. The maximum Gasteiger partial charge on any atom is 0.120 e. The van der Waals surface area contributed by atoms with Crippen molar-refractivity contribution in [1.82, 2.24) is 0 Å². The van der Waals surface area contributed by atoms with E-state index in [4.69, 9.17) is 4.74 Å². The molecule has 1 rings (SSSR count). The summed E-state index contributed by atoms with van der Waals surface area (Å²) in [5, 5.41) is 0. The van der Waals surface area contributed by atoms with Gasteiger partial charge >= 0.3 is 0 Å².